The molecule has 3 N–H and O–H groups in total. The highest BCUT2D eigenvalue weighted by molar-refractivity contribution is 9.10. The molecule has 0 amide bonds. The highest BCUT2D eigenvalue weighted by Gasteiger charge is 2.18. The van der Waals surface area contributed by atoms with Gasteiger partial charge in [-0.1, -0.05) is 6.07 Å². The van der Waals surface area contributed by atoms with Crippen LogP contribution in [0.25, 0.3) is 0 Å². The first-order valence-corrected chi connectivity index (χ1v) is 7.66. The maximum absolute atomic E-state index is 12.3. The average molecular weight is 342 g/mol. The van der Waals surface area contributed by atoms with Crippen molar-refractivity contribution >= 4 is 37.3 Å². The van der Waals surface area contributed by atoms with E-state index in [4.69, 9.17) is 5.73 Å². The van der Waals surface area contributed by atoms with Crippen molar-refractivity contribution in [3.8, 4) is 0 Å². The lowest BCUT2D eigenvalue weighted by molar-refractivity contribution is 0.600. The fourth-order valence-corrected chi connectivity index (χ4v) is 3.41. The number of aryl methyl sites for hydroxylation is 1. The summed E-state index contributed by atoms with van der Waals surface area (Å²) in [5, 5.41) is 0. The van der Waals surface area contributed by atoms with Crippen molar-refractivity contribution in [2.24, 2.45) is 0 Å². The molecule has 1 heterocycles. The molecule has 7 heteroatoms. The van der Waals surface area contributed by atoms with Gasteiger partial charge >= 0.3 is 0 Å². The number of nitrogens with one attached hydrogen (secondary N) is 1. The Morgan fingerprint density at radius 2 is 2.05 bits per heavy atom. The molecule has 0 radical (unpaired) electrons. The van der Waals surface area contributed by atoms with E-state index < -0.39 is 10.0 Å². The number of hydrogen-bond donors (Lipinski definition) is 2. The summed E-state index contributed by atoms with van der Waals surface area (Å²) < 4.78 is 27.7. The largest absolute Gasteiger partial charge is 0.399 e. The quantitative estimate of drug-likeness (QED) is 0.840. The second-order valence-electron chi connectivity index (χ2n) is 3.99. The highest BCUT2D eigenvalue weighted by atomic mass is 79.9. The predicted molar refractivity (Wildman–Crippen MR) is 78.3 cm³/mol. The number of nitrogen functional groups attached to an aromatic ring is 1. The van der Waals surface area contributed by atoms with Crippen molar-refractivity contribution in [2.75, 3.05) is 10.5 Å². The minimum absolute atomic E-state index is 0.163. The van der Waals surface area contributed by atoms with Crippen LogP contribution in [0.15, 0.2) is 46.0 Å². The van der Waals surface area contributed by atoms with E-state index in [2.05, 4.69) is 25.6 Å². The molecule has 0 fully saturated rings. The first-order chi connectivity index (χ1) is 8.90. The number of halogens is 1. The Bertz CT molecular complexity index is 717. The van der Waals surface area contributed by atoms with Gasteiger partial charge in [-0.15, -0.1) is 0 Å². The van der Waals surface area contributed by atoms with Crippen LogP contribution in [0.3, 0.4) is 0 Å². The van der Waals surface area contributed by atoms with Crippen molar-refractivity contribution in [3.63, 3.8) is 0 Å². The number of rotatable bonds is 3. The average Bonchev–Trinajstić information content (AvgIpc) is 2.35. The van der Waals surface area contributed by atoms with Crippen molar-refractivity contribution in [2.45, 2.75) is 11.8 Å². The SMILES string of the molecule is Cc1ccc(N)cc1S(=O)(=O)Nc1ccncc1Br. The maximum Gasteiger partial charge on any atom is 0.262 e. The van der Waals surface area contributed by atoms with E-state index in [9.17, 15) is 8.42 Å². The fourth-order valence-electron chi connectivity index (χ4n) is 1.56. The third-order valence-electron chi connectivity index (χ3n) is 2.52. The molecule has 0 aliphatic heterocycles. The van der Waals surface area contributed by atoms with Crippen molar-refractivity contribution in [1.82, 2.24) is 4.98 Å². The zero-order valence-electron chi connectivity index (χ0n) is 10.1. The van der Waals surface area contributed by atoms with Crippen molar-refractivity contribution in [3.05, 3.63) is 46.7 Å². The van der Waals surface area contributed by atoms with E-state index in [1.165, 1.54) is 18.5 Å². The first-order valence-electron chi connectivity index (χ1n) is 5.38. The van der Waals surface area contributed by atoms with Gasteiger partial charge in [0.15, 0.2) is 0 Å². The normalized spacial score (nSPS) is 11.3. The second-order valence-corrected chi connectivity index (χ2v) is 6.49. The summed E-state index contributed by atoms with van der Waals surface area (Å²) in [4.78, 5) is 4.04. The minimum Gasteiger partial charge on any atom is -0.399 e. The summed E-state index contributed by atoms with van der Waals surface area (Å²) in [6, 6.07) is 6.35. The van der Waals surface area contributed by atoms with E-state index in [0.29, 0.717) is 21.4 Å². The molecular formula is C12H12BrN3O2S. The van der Waals surface area contributed by atoms with Crippen LogP contribution in [0, 0.1) is 6.92 Å². The highest BCUT2D eigenvalue weighted by Crippen LogP contribution is 2.25. The van der Waals surface area contributed by atoms with Gasteiger partial charge in [-0.25, -0.2) is 8.42 Å². The van der Waals surface area contributed by atoms with Gasteiger partial charge in [0, 0.05) is 18.1 Å². The molecule has 0 bridgehead atoms. The van der Waals surface area contributed by atoms with Crippen LogP contribution in [0.4, 0.5) is 11.4 Å². The molecule has 0 spiro atoms. The van der Waals surface area contributed by atoms with Gasteiger partial charge in [0.05, 0.1) is 15.1 Å². The summed E-state index contributed by atoms with van der Waals surface area (Å²) in [7, 11) is -3.68. The third-order valence-corrected chi connectivity index (χ3v) is 4.66. The van der Waals surface area contributed by atoms with E-state index in [0.717, 1.165) is 0 Å². The number of anilines is 2. The number of hydrogen-bond acceptors (Lipinski definition) is 4. The molecule has 100 valence electrons. The molecule has 0 atom stereocenters. The first kappa shape index (κ1) is 13.8. The van der Waals surface area contributed by atoms with E-state index in [1.54, 1.807) is 25.1 Å². The van der Waals surface area contributed by atoms with Crippen LogP contribution < -0.4 is 10.5 Å². The lowest BCUT2D eigenvalue weighted by Gasteiger charge is -2.11. The van der Waals surface area contributed by atoms with Gasteiger partial charge in [0.25, 0.3) is 10.0 Å². The molecule has 2 rings (SSSR count). The lowest BCUT2D eigenvalue weighted by Crippen LogP contribution is -2.15. The maximum atomic E-state index is 12.3. The topological polar surface area (TPSA) is 85.1 Å². The standard InChI is InChI=1S/C12H12BrN3O2S/c1-8-2-3-9(14)6-12(8)19(17,18)16-11-4-5-15-7-10(11)13/h2-7H,14H2,1H3,(H,15,16). The molecule has 0 aliphatic rings. The fraction of sp³-hybridized carbons (Fsp3) is 0.0833. The Morgan fingerprint density at radius 3 is 2.74 bits per heavy atom. The monoisotopic (exact) mass is 341 g/mol. The molecule has 1 aromatic carbocycles. The van der Waals surface area contributed by atoms with Crippen LogP contribution >= 0.6 is 15.9 Å². The van der Waals surface area contributed by atoms with Crippen LogP contribution in [0.5, 0.6) is 0 Å². The number of nitrogens with two attached hydrogens (primary N) is 1. The smallest absolute Gasteiger partial charge is 0.262 e. The molecule has 0 aliphatic carbocycles. The summed E-state index contributed by atoms with van der Waals surface area (Å²) in [5.41, 5.74) is 7.10. The van der Waals surface area contributed by atoms with Crippen LogP contribution in [0.2, 0.25) is 0 Å². The number of benzene rings is 1. The Labute approximate surface area is 120 Å². The molecule has 0 saturated carbocycles. The molecule has 19 heavy (non-hydrogen) atoms. The predicted octanol–water partition coefficient (Wildman–Crippen LogP) is 2.54. The van der Waals surface area contributed by atoms with E-state index in [-0.39, 0.29) is 4.90 Å². The van der Waals surface area contributed by atoms with Gasteiger partial charge in [0.2, 0.25) is 0 Å². The molecule has 5 nitrogen and oxygen atoms in total. The van der Waals surface area contributed by atoms with E-state index >= 15 is 0 Å². The number of nitrogens with zero attached hydrogens (tertiary/aromatic N) is 1. The van der Waals surface area contributed by atoms with Gasteiger partial charge < -0.3 is 5.73 Å². The zero-order valence-corrected chi connectivity index (χ0v) is 12.5. The van der Waals surface area contributed by atoms with Gasteiger partial charge in [-0.2, -0.15) is 0 Å². The molecule has 2 aromatic rings. The van der Waals surface area contributed by atoms with Gasteiger partial charge in [-0.3, -0.25) is 9.71 Å². The molecular weight excluding hydrogens is 330 g/mol. The third kappa shape index (κ3) is 3.05. The van der Waals surface area contributed by atoms with Crippen molar-refractivity contribution in [1.29, 1.82) is 0 Å². The molecule has 0 saturated heterocycles. The zero-order chi connectivity index (χ0) is 14.0. The summed E-state index contributed by atoms with van der Waals surface area (Å²) >= 11 is 3.24. The summed E-state index contributed by atoms with van der Waals surface area (Å²) in [6.45, 7) is 1.72. The number of aromatic nitrogens is 1. The van der Waals surface area contributed by atoms with Crippen LogP contribution in [-0.4, -0.2) is 13.4 Å². The number of sulfonamides is 1. The van der Waals surface area contributed by atoms with Crippen molar-refractivity contribution < 1.29 is 8.42 Å². The Kier molecular flexibility index (Phi) is 3.77. The second kappa shape index (κ2) is 5.18. The van der Waals surface area contributed by atoms with Gasteiger partial charge in [-0.05, 0) is 46.6 Å². The van der Waals surface area contributed by atoms with Crippen LogP contribution in [-0.2, 0) is 10.0 Å². The lowest BCUT2D eigenvalue weighted by atomic mass is 10.2. The van der Waals surface area contributed by atoms with E-state index in [1.807, 2.05) is 0 Å². The Balaban J connectivity index is 2.44. The Morgan fingerprint density at radius 1 is 1.32 bits per heavy atom. The Hall–Kier alpha value is -1.60. The summed E-state index contributed by atoms with van der Waals surface area (Å²) in [6.07, 6.45) is 3.03. The molecule has 1 aromatic heterocycles. The minimum atomic E-state index is -3.68. The molecule has 0 unspecified atom stereocenters. The van der Waals surface area contributed by atoms with Crippen LogP contribution in [0.1, 0.15) is 5.56 Å². The summed E-state index contributed by atoms with van der Waals surface area (Å²) in [5.74, 6) is 0. The van der Waals surface area contributed by atoms with Gasteiger partial charge in [0.1, 0.15) is 0 Å². The number of pyridine rings is 1.